The monoisotopic (exact) mass is 588 g/mol. The van der Waals surface area contributed by atoms with Gasteiger partial charge in [0.15, 0.2) is 5.84 Å². The SMILES string of the molecule is C1=CCC2C(=C1)N(C1CC=Cc3c1sc1c3C=CCC1)c1cc(C3=NC(c4ccccc4)=NC(c4ccccc4)N3)ccc12. The Labute approximate surface area is 262 Å². The molecule has 3 heterocycles. The summed E-state index contributed by atoms with van der Waals surface area (Å²) in [5.74, 6) is 2.00. The number of anilines is 1. The van der Waals surface area contributed by atoms with E-state index in [9.17, 15) is 0 Å². The van der Waals surface area contributed by atoms with Gasteiger partial charge in [0.05, 0.1) is 6.04 Å². The number of rotatable bonds is 4. The lowest BCUT2D eigenvalue weighted by Crippen LogP contribution is -2.33. The highest BCUT2D eigenvalue weighted by molar-refractivity contribution is 7.12. The van der Waals surface area contributed by atoms with Gasteiger partial charge in [-0.2, -0.15) is 0 Å². The van der Waals surface area contributed by atoms with E-state index >= 15 is 0 Å². The molecule has 1 N–H and O–H groups in total. The first kappa shape index (κ1) is 25.7. The molecule has 5 aliphatic rings. The number of allylic oxidation sites excluding steroid dienone is 5. The summed E-state index contributed by atoms with van der Waals surface area (Å²) >= 11 is 2.03. The molecule has 0 amide bonds. The molecule has 0 radical (unpaired) electrons. The van der Waals surface area contributed by atoms with E-state index in [1.54, 1.807) is 0 Å². The van der Waals surface area contributed by atoms with Gasteiger partial charge in [0, 0.05) is 38.2 Å². The number of benzene rings is 3. The van der Waals surface area contributed by atoms with Crippen LogP contribution in [0.4, 0.5) is 5.69 Å². The molecule has 3 unspecified atom stereocenters. The Morgan fingerprint density at radius 2 is 1.66 bits per heavy atom. The zero-order valence-electron chi connectivity index (χ0n) is 24.4. The summed E-state index contributed by atoms with van der Waals surface area (Å²) in [6.07, 6.45) is 20.5. The minimum atomic E-state index is -0.214. The van der Waals surface area contributed by atoms with Gasteiger partial charge in [0.1, 0.15) is 12.0 Å². The Bertz CT molecular complexity index is 1960. The molecule has 0 bridgehead atoms. The topological polar surface area (TPSA) is 40.0 Å². The van der Waals surface area contributed by atoms with Crippen LogP contribution in [0.25, 0.3) is 12.2 Å². The van der Waals surface area contributed by atoms with Gasteiger partial charge in [0.25, 0.3) is 0 Å². The molecule has 4 aromatic rings. The van der Waals surface area contributed by atoms with E-state index in [0.29, 0.717) is 5.92 Å². The standard InChI is InChI=1S/C39H32N4S/c1-3-12-25(13-4-1)37-40-38(26-14-5-2-6-15-26)42-39(41-37)27-22-23-29-28-16-7-9-19-32(28)43(34(29)24-27)33-20-11-18-31-30-17-8-10-21-35(30)44-36(31)33/h1-9,11-15,17-19,22-24,28,33,37H,10,16,20-21H2,(H,40,41,42). The highest BCUT2D eigenvalue weighted by Gasteiger charge is 2.40. The van der Waals surface area contributed by atoms with Gasteiger partial charge in [-0.15, -0.1) is 11.3 Å². The van der Waals surface area contributed by atoms with Crippen LogP contribution in [0.5, 0.6) is 0 Å². The minimum absolute atomic E-state index is 0.214. The molecule has 1 aromatic heterocycles. The third kappa shape index (κ3) is 4.18. The quantitative estimate of drug-likeness (QED) is 0.258. The lowest BCUT2D eigenvalue weighted by molar-refractivity contribution is 0.669. The molecule has 3 aliphatic carbocycles. The summed E-state index contributed by atoms with van der Waals surface area (Å²) < 4.78 is 0. The number of nitrogens with zero attached hydrogens (tertiary/aromatic N) is 3. The van der Waals surface area contributed by atoms with Crippen LogP contribution in [0.15, 0.2) is 125 Å². The molecule has 9 rings (SSSR count). The average molecular weight is 589 g/mol. The molecule has 0 saturated heterocycles. The fourth-order valence-electron chi connectivity index (χ4n) is 7.33. The first-order chi connectivity index (χ1) is 21.8. The second-order valence-electron chi connectivity index (χ2n) is 12.0. The third-order valence-electron chi connectivity index (χ3n) is 9.41. The van der Waals surface area contributed by atoms with Crippen LogP contribution in [0.2, 0.25) is 0 Å². The van der Waals surface area contributed by atoms with Gasteiger partial charge >= 0.3 is 0 Å². The number of fused-ring (bicyclic) bond motifs is 6. The van der Waals surface area contributed by atoms with Gasteiger partial charge in [0.2, 0.25) is 0 Å². The largest absolute Gasteiger partial charge is 0.344 e. The van der Waals surface area contributed by atoms with Crippen LogP contribution < -0.4 is 10.2 Å². The Kier molecular flexibility index (Phi) is 6.12. The smallest absolute Gasteiger partial charge is 0.159 e. The van der Waals surface area contributed by atoms with Crippen LogP contribution in [0.1, 0.15) is 80.5 Å². The second kappa shape index (κ2) is 10.5. The predicted molar refractivity (Wildman–Crippen MR) is 183 cm³/mol. The van der Waals surface area contributed by atoms with Crippen molar-refractivity contribution in [1.29, 1.82) is 0 Å². The first-order valence-electron chi connectivity index (χ1n) is 15.6. The Morgan fingerprint density at radius 1 is 0.818 bits per heavy atom. The van der Waals surface area contributed by atoms with Crippen LogP contribution in [-0.4, -0.2) is 11.7 Å². The van der Waals surface area contributed by atoms with E-state index in [4.69, 9.17) is 9.98 Å². The van der Waals surface area contributed by atoms with E-state index in [1.165, 1.54) is 37.8 Å². The fraction of sp³-hybridized carbons (Fsp3) is 0.179. The van der Waals surface area contributed by atoms with Crippen molar-refractivity contribution in [3.05, 3.63) is 158 Å². The summed E-state index contributed by atoms with van der Waals surface area (Å²) in [5.41, 5.74) is 10.2. The van der Waals surface area contributed by atoms with Crippen LogP contribution >= 0.6 is 11.3 Å². The number of aliphatic imine (C=N–C) groups is 2. The van der Waals surface area contributed by atoms with Gasteiger partial charge in [-0.1, -0.05) is 109 Å². The predicted octanol–water partition coefficient (Wildman–Crippen LogP) is 9.11. The normalized spacial score (nSPS) is 22.7. The van der Waals surface area contributed by atoms with Crippen molar-refractivity contribution in [2.45, 2.75) is 43.8 Å². The summed E-state index contributed by atoms with van der Waals surface area (Å²) in [6, 6.07) is 28.0. The molecule has 4 nitrogen and oxygen atoms in total. The molecule has 0 spiro atoms. The zero-order chi connectivity index (χ0) is 29.0. The van der Waals surface area contributed by atoms with Crippen molar-refractivity contribution in [1.82, 2.24) is 5.32 Å². The molecular formula is C39H32N4S. The minimum Gasteiger partial charge on any atom is -0.344 e. The molecule has 0 fully saturated rings. The lowest BCUT2D eigenvalue weighted by Gasteiger charge is -2.34. The van der Waals surface area contributed by atoms with Gasteiger partial charge in [-0.05, 0) is 60.1 Å². The Balaban J connectivity index is 1.16. The summed E-state index contributed by atoms with van der Waals surface area (Å²) in [7, 11) is 0. The van der Waals surface area contributed by atoms with Crippen LogP contribution in [0, 0.1) is 0 Å². The lowest BCUT2D eigenvalue weighted by atomic mass is 9.91. The molecule has 3 aromatic carbocycles. The van der Waals surface area contributed by atoms with Crippen molar-refractivity contribution in [2.75, 3.05) is 4.90 Å². The maximum absolute atomic E-state index is 5.13. The van der Waals surface area contributed by atoms with Crippen LogP contribution in [-0.2, 0) is 6.42 Å². The van der Waals surface area contributed by atoms with E-state index < -0.39 is 0 Å². The first-order valence-corrected chi connectivity index (χ1v) is 16.5. The molecule has 0 saturated carbocycles. The fourth-order valence-corrected chi connectivity index (χ4v) is 8.72. The molecule has 5 heteroatoms. The van der Waals surface area contributed by atoms with Crippen molar-refractivity contribution in [2.24, 2.45) is 9.98 Å². The van der Waals surface area contributed by atoms with Gasteiger partial charge in [-0.3, -0.25) is 0 Å². The molecule has 44 heavy (non-hydrogen) atoms. The van der Waals surface area contributed by atoms with Crippen molar-refractivity contribution >= 4 is 40.8 Å². The van der Waals surface area contributed by atoms with Crippen molar-refractivity contribution in [3.63, 3.8) is 0 Å². The number of aryl methyl sites for hydroxylation is 1. The summed E-state index contributed by atoms with van der Waals surface area (Å²) in [4.78, 5) is 15.9. The maximum atomic E-state index is 5.13. The van der Waals surface area contributed by atoms with E-state index in [2.05, 4.69) is 119 Å². The molecule has 3 atom stereocenters. The summed E-state index contributed by atoms with van der Waals surface area (Å²) in [5, 5.41) is 3.68. The second-order valence-corrected chi connectivity index (χ2v) is 13.1. The molecular weight excluding hydrogens is 557 g/mol. The maximum Gasteiger partial charge on any atom is 0.159 e. The van der Waals surface area contributed by atoms with Crippen LogP contribution in [0.3, 0.4) is 0 Å². The number of hydrogen-bond acceptors (Lipinski definition) is 5. The highest BCUT2D eigenvalue weighted by Crippen LogP contribution is 2.54. The zero-order valence-corrected chi connectivity index (χ0v) is 25.2. The van der Waals surface area contributed by atoms with Gasteiger partial charge < -0.3 is 10.2 Å². The van der Waals surface area contributed by atoms with Crippen molar-refractivity contribution in [3.8, 4) is 0 Å². The van der Waals surface area contributed by atoms with Gasteiger partial charge in [-0.25, -0.2) is 9.98 Å². The Hall–Kier alpha value is -4.74. The highest BCUT2D eigenvalue weighted by atomic mass is 32.1. The Morgan fingerprint density at radius 3 is 2.55 bits per heavy atom. The number of hydrogen-bond donors (Lipinski definition) is 1. The van der Waals surface area contributed by atoms with E-state index in [-0.39, 0.29) is 12.2 Å². The molecule has 214 valence electrons. The molecule has 2 aliphatic heterocycles. The number of thiophene rings is 1. The van der Waals surface area contributed by atoms with E-state index in [0.717, 1.165) is 54.0 Å². The van der Waals surface area contributed by atoms with E-state index in [1.807, 2.05) is 23.5 Å². The average Bonchev–Trinajstić information content (AvgIpc) is 3.64. The number of amidine groups is 2. The summed E-state index contributed by atoms with van der Waals surface area (Å²) in [6.45, 7) is 0. The number of nitrogens with one attached hydrogen (secondary N) is 1. The third-order valence-corrected chi connectivity index (χ3v) is 10.8. The van der Waals surface area contributed by atoms with Crippen molar-refractivity contribution < 1.29 is 0 Å².